The van der Waals surface area contributed by atoms with Crippen LogP contribution in [0.3, 0.4) is 0 Å². The highest BCUT2D eigenvalue weighted by atomic mass is 14.6. The Bertz CT molecular complexity index is 332. The highest BCUT2D eigenvalue weighted by Gasteiger charge is 2.34. The average Bonchev–Trinajstić information content (AvgIpc) is 2.29. The molecular formula is C14H22N2. The molecule has 1 aromatic heterocycles. The Labute approximate surface area is 98.3 Å². The van der Waals surface area contributed by atoms with E-state index in [0.29, 0.717) is 17.3 Å². The maximum Gasteiger partial charge on any atom is 0.0302 e. The lowest BCUT2D eigenvalue weighted by molar-refractivity contribution is 0.165. The molecule has 16 heavy (non-hydrogen) atoms. The average molecular weight is 218 g/mol. The van der Waals surface area contributed by atoms with E-state index >= 15 is 0 Å². The minimum Gasteiger partial charge on any atom is -0.330 e. The summed E-state index contributed by atoms with van der Waals surface area (Å²) in [5, 5.41) is 0. The second kappa shape index (κ2) is 4.54. The first-order valence-corrected chi connectivity index (χ1v) is 6.22. The van der Waals surface area contributed by atoms with Crippen molar-refractivity contribution < 1.29 is 0 Å². The first-order valence-electron chi connectivity index (χ1n) is 6.22. The molecule has 88 valence electrons. The van der Waals surface area contributed by atoms with Crippen molar-refractivity contribution >= 4 is 0 Å². The van der Waals surface area contributed by atoms with Gasteiger partial charge in [-0.05, 0) is 54.7 Å². The molecule has 1 heterocycles. The molecule has 0 spiro atoms. The van der Waals surface area contributed by atoms with E-state index in [1.54, 1.807) is 0 Å². The lowest BCUT2D eigenvalue weighted by atomic mass is 9.65. The Morgan fingerprint density at radius 2 is 2.31 bits per heavy atom. The van der Waals surface area contributed by atoms with Crippen LogP contribution in [0, 0.1) is 11.3 Å². The monoisotopic (exact) mass is 218 g/mol. The van der Waals surface area contributed by atoms with Crippen LogP contribution in [0.25, 0.3) is 0 Å². The summed E-state index contributed by atoms with van der Waals surface area (Å²) >= 11 is 0. The van der Waals surface area contributed by atoms with Gasteiger partial charge in [0.15, 0.2) is 0 Å². The minimum absolute atomic E-state index is 0.451. The highest BCUT2D eigenvalue weighted by molar-refractivity contribution is 5.17. The third kappa shape index (κ3) is 2.43. The largest absolute Gasteiger partial charge is 0.330 e. The van der Waals surface area contributed by atoms with Crippen LogP contribution in [0.15, 0.2) is 24.5 Å². The molecule has 0 saturated heterocycles. The number of nitrogens with two attached hydrogens (primary N) is 1. The van der Waals surface area contributed by atoms with Gasteiger partial charge in [-0.2, -0.15) is 0 Å². The van der Waals surface area contributed by atoms with Gasteiger partial charge in [-0.25, -0.2) is 0 Å². The van der Waals surface area contributed by atoms with Gasteiger partial charge in [-0.15, -0.1) is 0 Å². The summed E-state index contributed by atoms with van der Waals surface area (Å²) in [4.78, 5) is 4.24. The molecule has 1 aliphatic carbocycles. The fourth-order valence-corrected chi connectivity index (χ4v) is 2.91. The van der Waals surface area contributed by atoms with Crippen molar-refractivity contribution in [2.45, 2.75) is 39.0 Å². The summed E-state index contributed by atoms with van der Waals surface area (Å²) in [7, 11) is 0. The summed E-state index contributed by atoms with van der Waals surface area (Å²) in [6, 6.07) is 4.23. The van der Waals surface area contributed by atoms with Crippen molar-refractivity contribution in [2.24, 2.45) is 17.1 Å². The van der Waals surface area contributed by atoms with Crippen molar-refractivity contribution in [3.05, 3.63) is 30.1 Å². The smallest absolute Gasteiger partial charge is 0.0302 e. The molecule has 0 aliphatic heterocycles. The van der Waals surface area contributed by atoms with E-state index in [4.69, 9.17) is 5.73 Å². The second-order valence-electron chi connectivity index (χ2n) is 5.80. The molecule has 2 rings (SSSR count). The van der Waals surface area contributed by atoms with E-state index in [1.807, 2.05) is 18.5 Å². The molecule has 1 fully saturated rings. The fourth-order valence-electron chi connectivity index (χ4n) is 2.91. The SMILES string of the molecule is CC1(C)CCC(CN)C(c2cccnc2)C1. The highest BCUT2D eigenvalue weighted by Crippen LogP contribution is 2.46. The van der Waals surface area contributed by atoms with Crippen LogP contribution >= 0.6 is 0 Å². The number of rotatable bonds is 2. The van der Waals surface area contributed by atoms with Gasteiger partial charge in [0.25, 0.3) is 0 Å². The normalized spacial score (nSPS) is 28.9. The predicted molar refractivity (Wildman–Crippen MR) is 67.2 cm³/mol. The summed E-state index contributed by atoms with van der Waals surface area (Å²) < 4.78 is 0. The molecule has 1 aromatic rings. The van der Waals surface area contributed by atoms with Gasteiger partial charge >= 0.3 is 0 Å². The quantitative estimate of drug-likeness (QED) is 0.829. The van der Waals surface area contributed by atoms with Gasteiger partial charge < -0.3 is 5.73 Å². The predicted octanol–water partition coefficient (Wildman–Crippen LogP) is 2.95. The molecule has 0 aromatic carbocycles. The maximum atomic E-state index is 5.90. The van der Waals surface area contributed by atoms with Crippen LogP contribution < -0.4 is 5.73 Å². The summed E-state index contributed by atoms with van der Waals surface area (Å²) in [6.45, 7) is 5.53. The molecule has 1 saturated carbocycles. The first-order chi connectivity index (χ1) is 7.62. The summed E-state index contributed by atoms with van der Waals surface area (Å²) in [5.74, 6) is 1.24. The van der Waals surface area contributed by atoms with Crippen LogP contribution in [0.5, 0.6) is 0 Å². The Hall–Kier alpha value is -0.890. The topological polar surface area (TPSA) is 38.9 Å². The standard InChI is InChI=1S/C14H22N2/c1-14(2)6-5-11(9-15)13(8-14)12-4-3-7-16-10-12/h3-4,7,10-11,13H,5-6,8-9,15H2,1-2H3. The molecule has 2 nitrogen and oxygen atoms in total. The Morgan fingerprint density at radius 3 is 2.94 bits per heavy atom. The molecule has 2 N–H and O–H groups in total. The van der Waals surface area contributed by atoms with Crippen LogP contribution in [0.4, 0.5) is 0 Å². The van der Waals surface area contributed by atoms with E-state index in [-0.39, 0.29) is 0 Å². The Balaban J connectivity index is 2.22. The zero-order valence-corrected chi connectivity index (χ0v) is 10.3. The molecule has 0 radical (unpaired) electrons. The van der Waals surface area contributed by atoms with Crippen LogP contribution in [-0.4, -0.2) is 11.5 Å². The third-order valence-corrected chi connectivity index (χ3v) is 3.95. The van der Waals surface area contributed by atoms with E-state index in [0.717, 1.165) is 6.54 Å². The Morgan fingerprint density at radius 1 is 1.50 bits per heavy atom. The molecule has 2 atom stereocenters. The van der Waals surface area contributed by atoms with Crippen molar-refractivity contribution in [1.82, 2.24) is 4.98 Å². The third-order valence-electron chi connectivity index (χ3n) is 3.95. The van der Waals surface area contributed by atoms with Gasteiger partial charge in [0.1, 0.15) is 0 Å². The maximum absolute atomic E-state index is 5.90. The zero-order valence-electron chi connectivity index (χ0n) is 10.3. The van der Waals surface area contributed by atoms with Crippen LogP contribution in [0.2, 0.25) is 0 Å². The van der Waals surface area contributed by atoms with E-state index in [2.05, 4.69) is 24.9 Å². The lowest BCUT2D eigenvalue weighted by Crippen LogP contribution is -2.32. The number of pyridine rings is 1. The van der Waals surface area contributed by atoms with Crippen molar-refractivity contribution in [3.8, 4) is 0 Å². The number of hydrogen-bond acceptors (Lipinski definition) is 2. The van der Waals surface area contributed by atoms with Crippen LogP contribution in [0.1, 0.15) is 44.6 Å². The molecular weight excluding hydrogens is 196 g/mol. The van der Waals surface area contributed by atoms with Gasteiger partial charge in [-0.1, -0.05) is 19.9 Å². The van der Waals surface area contributed by atoms with E-state index in [1.165, 1.54) is 24.8 Å². The van der Waals surface area contributed by atoms with Gasteiger partial charge in [0.05, 0.1) is 0 Å². The summed E-state index contributed by atoms with van der Waals surface area (Å²) in [6.07, 6.45) is 7.64. The van der Waals surface area contributed by atoms with Gasteiger partial charge in [-0.3, -0.25) is 4.98 Å². The zero-order chi connectivity index (χ0) is 11.6. The molecule has 2 heteroatoms. The fraction of sp³-hybridized carbons (Fsp3) is 0.643. The Kier molecular flexibility index (Phi) is 3.29. The van der Waals surface area contributed by atoms with Gasteiger partial charge in [0.2, 0.25) is 0 Å². The number of hydrogen-bond donors (Lipinski definition) is 1. The van der Waals surface area contributed by atoms with Crippen molar-refractivity contribution in [3.63, 3.8) is 0 Å². The number of nitrogens with zero attached hydrogens (tertiary/aromatic N) is 1. The van der Waals surface area contributed by atoms with Crippen LogP contribution in [-0.2, 0) is 0 Å². The molecule has 2 unspecified atom stereocenters. The molecule has 1 aliphatic rings. The van der Waals surface area contributed by atoms with Crippen molar-refractivity contribution in [1.29, 1.82) is 0 Å². The summed E-state index contributed by atoms with van der Waals surface area (Å²) in [5.41, 5.74) is 7.72. The minimum atomic E-state index is 0.451. The first kappa shape index (κ1) is 11.6. The number of aromatic nitrogens is 1. The van der Waals surface area contributed by atoms with E-state index in [9.17, 15) is 0 Å². The molecule has 0 amide bonds. The lowest BCUT2D eigenvalue weighted by Gasteiger charge is -2.40. The van der Waals surface area contributed by atoms with Crippen molar-refractivity contribution in [2.75, 3.05) is 6.54 Å². The second-order valence-corrected chi connectivity index (χ2v) is 5.80. The van der Waals surface area contributed by atoms with E-state index < -0.39 is 0 Å². The molecule has 0 bridgehead atoms. The van der Waals surface area contributed by atoms with Gasteiger partial charge in [0, 0.05) is 12.4 Å².